The molecule has 17 heavy (non-hydrogen) atoms. The number of ether oxygens (including phenoxy) is 1. The number of hydrogen-bond acceptors (Lipinski definition) is 3. The second-order valence-electron chi connectivity index (χ2n) is 4.39. The van der Waals surface area contributed by atoms with Gasteiger partial charge in [-0.1, -0.05) is 0 Å². The molecule has 1 aromatic heterocycles. The molecule has 1 fully saturated rings. The fourth-order valence-electron chi connectivity index (χ4n) is 2.33. The van der Waals surface area contributed by atoms with Crippen LogP contribution in [0.1, 0.15) is 24.3 Å². The summed E-state index contributed by atoms with van der Waals surface area (Å²) in [6.45, 7) is 1.83. The second-order valence-corrected chi connectivity index (χ2v) is 4.39. The Morgan fingerprint density at radius 1 is 1.53 bits per heavy atom. The van der Waals surface area contributed by atoms with Crippen molar-refractivity contribution in [2.75, 3.05) is 26.8 Å². The molecule has 0 saturated carbocycles. The smallest absolute Gasteiger partial charge is 0.248 e. The number of aromatic nitrogens is 1. The van der Waals surface area contributed by atoms with E-state index in [9.17, 15) is 4.79 Å². The average molecular weight is 234 g/mol. The van der Waals surface area contributed by atoms with Crippen LogP contribution in [-0.4, -0.2) is 42.6 Å². The largest absolute Gasteiger partial charge is 0.375 e. The van der Waals surface area contributed by atoms with Crippen LogP contribution in [0.5, 0.6) is 0 Å². The minimum Gasteiger partial charge on any atom is -0.375 e. The van der Waals surface area contributed by atoms with Gasteiger partial charge < -0.3 is 9.64 Å². The van der Waals surface area contributed by atoms with E-state index in [2.05, 4.69) is 4.98 Å². The van der Waals surface area contributed by atoms with Crippen molar-refractivity contribution in [2.24, 2.45) is 0 Å². The minimum atomic E-state index is 0.0891. The van der Waals surface area contributed by atoms with Crippen LogP contribution >= 0.6 is 0 Å². The summed E-state index contributed by atoms with van der Waals surface area (Å²) in [5.74, 6) is 0.527. The van der Waals surface area contributed by atoms with Gasteiger partial charge in [0.05, 0.1) is 0 Å². The molecule has 92 valence electrons. The van der Waals surface area contributed by atoms with Gasteiger partial charge in [0, 0.05) is 38.5 Å². The van der Waals surface area contributed by atoms with Crippen molar-refractivity contribution < 1.29 is 9.53 Å². The zero-order chi connectivity index (χ0) is 12.1. The van der Waals surface area contributed by atoms with Gasteiger partial charge in [-0.25, -0.2) is 0 Å². The van der Waals surface area contributed by atoms with Gasteiger partial charge in [0.25, 0.3) is 0 Å². The normalized spacial score (nSPS) is 20.3. The molecule has 1 aromatic rings. The van der Waals surface area contributed by atoms with Crippen LogP contribution in [0.4, 0.5) is 0 Å². The van der Waals surface area contributed by atoms with Gasteiger partial charge >= 0.3 is 0 Å². The monoisotopic (exact) mass is 234 g/mol. The topological polar surface area (TPSA) is 42.4 Å². The number of methoxy groups -OCH3 is 1. The maximum absolute atomic E-state index is 11.8. The number of pyridine rings is 1. The molecule has 0 aromatic carbocycles. The molecule has 2 heterocycles. The Bertz CT molecular complexity index is 367. The van der Waals surface area contributed by atoms with Gasteiger partial charge in [0.15, 0.2) is 0 Å². The average Bonchev–Trinajstić information content (AvgIpc) is 2.40. The van der Waals surface area contributed by atoms with Crippen molar-refractivity contribution in [3.8, 4) is 0 Å². The predicted molar refractivity (Wildman–Crippen MR) is 64.7 cm³/mol. The summed E-state index contributed by atoms with van der Waals surface area (Å²) in [5, 5.41) is 0. The van der Waals surface area contributed by atoms with Crippen LogP contribution in [0.2, 0.25) is 0 Å². The summed E-state index contributed by atoms with van der Waals surface area (Å²) in [5.41, 5.74) is 1.27. The molecule has 0 unspecified atom stereocenters. The van der Waals surface area contributed by atoms with Crippen molar-refractivity contribution in [3.63, 3.8) is 0 Å². The molecular weight excluding hydrogens is 216 g/mol. The lowest BCUT2D eigenvalue weighted by Crippen LogP contribution is -2.40. The van der Waals surface area contributed by atoms with Gasteiger partial charge in [-0.05, 0) is 30.5 Å². The summed E-state index contributed by atoms with van der Waals surface area (Å²) in [6, 6.07) is 4.07. The molecule has 1 amide bonds. The van der Waals surface area contributed by atoms with E-state index in [1.54, 1.807) is 7.11 Å². The Hall–Kier alpha value is -1.42. The molecule has 4 heteroatoms. The SMILES string of the molecule is COCC(=O)N1CCC[C@@H](c2ccncc2)C1. The highest BCUT2D eigenvalue weighted by Crippen LogP contribution is 2.26. The Labute approximate surface area is 102 Å². The standard InChI is InChI=1S/C13H18N2O2/c1-17-10-13(16)15-8-2-3-12(9-15)11-4-6-14-7-5-11/h4-7,12H,2-3,8-10H2,1H3/t12-/m1/s1. The number of amides is 1. The minimum absolute atomic E-state index is 0.0891. The van der Waals surface area contributed by atoms with Crippen LogP contribution in [0.3, 0.4) is 0 Å². The molecule has 4 nitrogen and oxygen atoms in total. The van der Waals surface area contributed by atoms with E-state index in [0.29, 0.717) is 5.92 Å². The number of hydrogen-bond donors (Lipinski definition) is 0. The summed E-state index contributed by atoms with van der Waals surface area (Å²) in [4.78, 5) is 17.7. The number of likely N-dealkylation sites (tertiary alicyclic amines) is 1. The van der Waals surface area contributed by atoms with Crippen molar-refractivity contribution in [2.45, 2.75) is 18.8 Å². The number of rotatable bonds is 3. The molecular formula is C13H18N2O2. The third kappa shape index (κ3) is 3.03. The molecule has 0 spiro atoms. The van der Waals surface area contributed by atoms with Gasteiger partial charge in [-0.3, -0.25) is 9.78 Å². The highest BCUT2D eigenvalue weighted by Gasteiger charge is 2.24. The first-order valence-corrected chi connectivity index (χ1v) is 5.98. The first-order valence-electron chi connectivity index (χ1n) is 5.98. The lowest BCUT2D eigenvalue weighted by atomic mass is 9.91. The van der Waals surface area contributed by atoms with Gasteiger partial charge in [0.1, 0.15) is 6.61 Å². The van der Waals surface area contributed by atoms with Crippen molar-refractivity contribution in [1.29, 1.82) is 0 Å². The van der Waals surface area contributed by atoms with E-state index >= 15 is 0 Å². The lowest BCUT2D eigenvalue weighted by molar-refractivity contribution is -0.136. The Morgan fingerprint density at radius 2 is 2.29 bits per heavy atom. The van der Waals surface area contributed by atoms with E-state index in [-0.39, 0.29) is 12.5 Å². The van der Waals surface area contributed by atoms with Crippen LogP contribution in [-0.2, 0) is 9.53 Å². The zero-order valence-corrected chi connectivity index (χ0v) is 10.1. The number of nitrogens with zero attached hydrogens (tertiary/aromatic N) is 2. The molecule has 0 radical (unpaired) electrons. The van der Waals surface area contributed by atoms with Gasteiger partial charge in [0.2, 0.25) is 5.91 Å². The molecule has 1 atom stereocenters. The molecule has 1 aliphatic rings. The number of carbonyl (C=O) groups is 1. The zero-order valence-electron chi connectivity index (χ0n) is 10.1. The number of piperidine rings is 1. The van der Waals surface area contributed by atoms with E-state index < -0.39 is 0 Å². The van der Waals surface area contributed by atoms with E-state index in [4.69, 9.17) is 4.74 Å². The Kier molecular flexibility index (Phi) is 4.09. The summed E-state index contributed by atoms with van der Waals surface area (Å²) in [6.07, 6.45) is 5.82. The van der Waals surface area contributed by atoms with Crippen LogP contribution in [0, 0.1) is 0 Å². The molecule has 1 saturated heterocycles. The first-order chi connectivity index (χ1) is 8.31. The number of carbonyl (C=O) groups excluding carboxylic acids is 1. The quantitative estimate of drug-likeness (QED) is 0.794. The Morgan fingerprint density at radius 3 is 3.00 bits per heavy atom. The lowest BCUT2D eigenvalue weighted by Gasteiger charge is -2.32. The summed E-state index contributed by atoms with van der Waals surface area (Å²) >= 11 is 0. The van der Waals surface area contributed by atoms with Gasteiger partial charge in [-0.15, -0.1) is 0 Å². The fraction of sp³-hybridized carbons (Fsp3) is 0.538. The first kappa shape index (κ1) is 12.0. The summed E-state index contributed by atoms with van der Waals surface area (Å²) < 4.78 is 4.90. The molecule has 2 rings (SSSR count). The van der Waals surface area contributed by atoms with Crippen molar-refractivity contribution in [3.05, 3.63) is 30.1 Å². The van der Waals surface area contributed by atoms with E-state index in [1.165, 1.54) is 5.56 Å². The summed E-state index contributed by atoms with van der Waals surface area (Å²) in [7, 11) is 1.56. The highest BCUT2D eigenvalue weighted by atomic mass is 16.5. The second kappa shape index (κ2) is 5.77. The van der Waals surface area contributed by atoms with Crippen molar-refractivity contribution in [1.82, 2.24) is 9.88 Å². The molecule has 0 aliphatic carbocycles. The third-order valence-electron chi connectivity index (χ3n) is 3.22. The fourth-order valence-corrected chi connectivity index (χ4v) is 2.33. The molecule has 0 bridgehead atoms. The van der Waals surface area contributed by atoms with E-state index in [0.717, 1.165) is 25.9 Å². The van der Waals surface area contributed by atoms with Crippen LogP contribution in [0.25, 0.3) is 0 Å². The van der Waals surface area contributed by atoms with Crippen LogP contribution < -0.4 is 0 Å². The molecule has 0 N–H and O–H groups in total. The maximum Gasteiger partial charge on any atom is 0.248 e. The van der Waals surface area contributed by atoms with Crippen molar-refractivity contribution >= 4 is 5.91 Å². The molecule has 1 aliphatic heterocycles. The third-order valence-corrected chi connectivity index (χ3v) is 3.22. The Balaban J connectivity index is 2.00. The van der Waals surface area contributed by atoms with E-state index in [1.807, 2.05) is 29.4 Å². The highest BCUT2D eigenvalue weighted by molar-refractivity contribution is 5.77. The maximum atomic E-state index is 11.8. The predicted octanol–water partition coefficient (Wildman–Crippen LogP) is 1.43. The van der Waals surface area contributed by atoms with Crippen LogP contribution in [0.15, 0.2) is 24.5 Å². The van der Waals surface area contributed by atoms with Gasteiger partial charge in [-0.2, -0.15) is 0 Å².